The quantitative estimate of drug-likeness (QED) is 0.651. The Morgan fingerprint density at radius 2 is 1.79 bits per heavy atom. The monoisotopic (exact) mass is 476 g/mol. The van der Waals surface area contributed by atoms with Gasteiger partial charge in [-0.2, -0.15) is 4.31 Å². The highest BCUT2D eigenvalue weighted by Gasteiger charge is 2.31. The van der Waals surface area contributed by atoms with Gasteiger partial charge in [0.25, 0.3) is 0 Å². The van der Waals surface area contributed by atoms with Gasteiger partial charge >= 0.3 is 0 Å². The minimum atomic E-state index is -3.39. The average Bonchev–Trinajstić information content (AvgIpc) is 3.34. The molecule has 0 aromatic heterocycles. The molecule has 0 bridgehead atoms. The summed E-state index contributed by atoms with van der Waals surface area (Å²) in [5.41, 5.74) is 3.16. The summed E-state index contributed by atoms with van der Waals surface area (Å²) in [7, 11) is -3.39. The van der Waals surface area contributed by atoms with Crippen molar-refractivity contribution in [2.45, 2.75) is 50.0 Å². The van der Waals surface area contributed by atoms with Crippen LogP contribution in [-0.2, 0) is 27.7 Å². The minimum absolute atomic E-state index is 0.104. The molecule has 5 nitrogen and oxygen atoms in total. The number of rotatable bonds is 5. The molecule has 0 radical (unpaired) electrons. The number of hydrogen-bond donors (Lipinski definition) is 0. The van der Waals surface area contributed by atoms with E-state index in [9.17, 15) is 13.2 Å². The number of fused-ring (bicyclic) bond motifs is 1. The van der Waals surface area contributed by atoms with E-state index in [4.69, 9.17) is 0 Å². The largest absolute Gasteiger partial charge is 0.309 e. The summed E-state index contributed by atoms with van der Waals surface area (Å²) in [6.45, 7) is 3.28. The standard InChI is InChI=1S/C22H25BrN2O3S/c1-16-14-18-15-19(23)7-10-21(18)25(16)22(26)11-6-17-4-8-20(9-5-17)29(27,28)24-12-2-3-13-24/h4-5,7-10,15-16H,2-3,6,11-14H2,1H3. The molecule has 4 rings (SSSR count). The van der Waals surface area contributed by atoms with Gasteiger partial charge in [0.1, 0.15) is 0 Å². The molecule has 0 aliphatic carbocycles. The van der Waals surface area contributed by atoms with Gasteiger partial charge in [-0.05, 0) is 74.1 Å². The van der Waals surface area contributed by atoms with Crippen molar-refractivity contribution in [2.75, 3.05) is 18.0 Å². The number of amides is 1. The molecule has 0 saturated carbocycles. The Balaban J connectivity index is 1.41. The number of benzene rings is 2. The lowest BCUT2D eigenvalue weighted by molar-refractivity contribution is -0.118. The zero-order valence-electron chi connectivity index (χ0n) is 16.5. The number of anilines is 1. The third kappa shape index (κ3) is 4.13. The van der Waals surface area contributed by atoms with Crippen molar-refractivity contribution in [2.24, 2.45) is 0 Å². The number of nitrogens with zero attached hydrogens (tertiary/aromatic N) is 2. The second-order valence-corrected chi connectivity index (χ2v) is 10.7. The third-order valence-corrected chi connectivity index (χ3v) is 8.19. The SMILES string of the molecule is CC1Cc2cc(Br)ccc2N1C(=O)CCc1ccc(S(=O)(=O)N2CCCC2)cc1. The lowest BCUT2D eigenvalue weighted by Crippen LogP contribution is -2.35. The van der Waals surface area contributed by atoms with E-state index in [1.165, 1.54) is 5.56 Å². The Morgan fingerprint density at radius 3 is 2.48 bits per heavy atom. The maximum Gasteiger partial charge on any atom is 0.243 e. The van der Waals surface area contributed by atoms with Crippen molar-refractivity contribution in [3.8, 4) is 0 Å². The molecule has 29 heavy (non-hydrogen) atoms. The van der Waals surface area contributed by atoms with E-state index in [1.54, 1.807) is 16.4 Å². The predicted molar refractivity (Wildman–Crippen MR) is 118 cm³/mol. The average molecular weight is 477 g/mol. The molecule has 1 atom stereocenters. The van der Waals surface area contributed by atoms with E-state index in [2.05, 4.69) is 28.9 Å². The zero-order chi connectivity index (χ0) is 20.6. The molecule has 2 aromatic rings. The van der Waals surface area contributed by atoms with Gasteiger partial charge in [0, 0.05) is 35.7 Å². The minimum Gasteiger partial charge on any atom is -0.309 e. The molecule has 2 aromatic carbocycles. The number of aryl methyl sites for hydroxylation is 1. The summed E-state index contributed by atoms with van der Waals surface area (Å²) in [5.74, 6) is 0.104. The van der Waals surface area contributed by atoms with E-state index in [0.29, 0.717) is 30.8 Å². The first-order chi connectivity index (χ1) is 13.9. The first-order valence-electron chi connectivity index (χ1n) is 10.1. The predicted octanol–water partition coefficient (Wildman–Crippen LogP) is 4.14. The van der Waals surface area contributed by atoms with Gasteiger partial charge in [-0.1, -0.05) is 28.1 Å². The van der Waals surface area contributed by atoms with Crippen molar-refractivity contribution in [1.82, 2.24) is 4.31 Å². The number of hydrogen-bond acceptors (Lipinski definition) is 3. The van der Waals surface area contributed by atoms with Crippen molar-refractivity contribution >= 4 is 37.5 Å². The maximum absolute atomic E-state index is 12.9. The van der Waals surface area contributed by atoms with Gasteiger partial charge in [0.2, 0.25) is 15.9 Å². The molecule has 1 unspecified atom stereocenters. The number of sulfonamides is 1. The van der Waals surface area contributed by atoms with Gasteiger partial charge in [0.15, 0.2) is 0 Å². The fourth-order valence-corrected chi connectivity index (χ4v) is 6.18. The summed E-state index contributed by atoms with van der Waals surface area (Å²) in [6.07, 6.45) is 3.71. The van der Waals surface area contributed by atoms with Crippen LogP contribution in [0.5, 0.6) is 0 Å². The Labute approximate surface area is 180 Å². The van der Waals surface area contributed by atoms with Crippen LogP contribution in [0.15, 0.2) is 51.8 Å². The fraction of sp³-hybridized carbons (Fsp3) is 0.409. The first-order valence-corrected chi connectivity index (χ1v) is 12.3. The molecule has 2 aliphatic rings. The molecule has 1 amide bonds. The highest BCUT2D eigenvalue weighted by molar-refractivity contribution is 9.10. The summed E-state index contributed by atoms with van der Waals surface area (Å²) in [6, 6.07) is 13.2. The smallest absolute Gasteiger partial charge is 0.243 e. The van der Waals surface area contributed by atoms with Crippen molar-refractivity contribution in [1.29, 1.82) is 0 Å². The number of carbonyl (C=O) groups is 1. The van der Waals surface area contributed by atoms with Crippen LogP contribution in [0.3, 0.4) is 0 Å². The van der Waals surface area contributed by atoms with Gasteiger partial charge in [-0.3, -0.25) is 4.79 Å². The second-order valence-electron chi connectivity index (χ2n) is 7.85. The molecule has 0 N–H and O–H groups in total. The molecule has 2 aliphatic heterocycles. The van der Waals surface area contributed by atoms with Crippen LogP contribution < -0.4 is 4.90 Å². The van der Waals surface area contributed by atoms with Gasteiger partial charge in [0.05, 0.1) is 4.90 Å². The molecule has 154 valence electrons. The molecule has 0 spiro atoms. The van der Waals surface area contributed by atoms with E-state index in [1.807, 2.05) is 29.2 Å². The topological polar surface area (TPSA) is 57.7 Å². The molecule has 2 heterocycles. The molecule has 1 fully saturated rings. The van der Waals surface area contributed by atoms with Gasteiger partial charge < -0.3 is 4.90 Å². The number of halogens is 1. The Bertz CT molecular complexity index is 1010. The van der Waals surface area contributed by atoms with Crippen molar-refractivity contribution in [3.63, 3.8) is 0 Å². The van der Waals surface area contributed by atoms with Gasteiger partial charge in [-0.15, -0.1) is 0 Å². The first kappa shape index (κ1) is 20.6. The zero-order valence-corrected chi connectivity index (χ0v) is 18.9. The van der Waals surface area contributed by atoms with E-state index < -0.39 is 10.0 Å². The van der Waals surface area contributed by atoms with E-state index in [-0.39, 0.29) is 11.9 Å². The van der Waals surface area contributed by atoms with Crippen molar-refractivity contribution < 1.29 is 13.2 Å². The lowest BCUT2D eigenvalue weighted by atomic mass is 10.1. The summed E-state index contributed by atoms with van der Waals surface area (Å²) >= 11 is 3.49. The molecule has 7 heteroatoms. The van der Waals surface area contributed by atoms with E-state index >= 15 is 0 Å². The fourth-order valence-electron chi connectivity index (χ4n) is 4.26. The Hall–Kier alpha value is -1.70. The molecular weight excluding hydrogens is 452 g/mol. The highest BCUT2D eigenvalue weighted by Crippen LogP contribution is 2.34. The van der Waals surface area contributed by atoms with Gasteiger partial charge in [-0.25, -0.2) is 8.42 Å². The molecular formula is C22H25BrN2O3S. The lowest BCUT2D eigenvalue weighted by Gasteiger charge is -2.23. The summed E-state index contributed by atoms with van der Waals surface area (Å²) in [4.78, 5) is 15.1. The van der Waals surface area contributed by atoms with Crippen LogP contribution in [0.1, 0.15) is 37.3 Å². The summed E-state index contributed by atoms with van der Waals surface area (Å²) in [5, 5.41) is 0. The highest BCUT2D eigenvalue weighted by atomic mass is 79.9. The maximum atomic E-state index is 12.9. The van der Waals surface area contributed by atoms with Crippen LogP contribution in [0.4, 0.5) is 5.69 Å². The van der Waals surface area contributed by atoms with Crippen LogP contribution in [0.2, 0.25) is 0 Å². The van der Waals surface area contributed by atoms with Crippen LogP contribution in [0, 0.1) is 0 Å². The van der Waals surface area contributed by atoms with Crippen LogP contribution in [-0.4, -0.2) is 37.8 Å². The second kappa shape index (κ2) is 8.20. The Kier molecular flexibility index (Phi) is 5.82. The summed E-state index contributed by atoms with van der Waals surface area (Å²) < 4.78 is 27.8. The van der Waals surface area contributed by atoms with Crippen LogP contribution in [0.25, 0.3) is 0 Å². The normalized spacial score (nSPS) is 19.5. The Morgan fingerprint density at radius 1 is 1.10 bits per heavy atom. The van der Waals surface area contributed by atoms with Crippen LogP contribution >= 0.6 is 15.9 Å². The van der Waals surface area contributed by atoms with E-state index in [0.717, 1.165) is 35.0 Å². The molecule has 1 saturated heterocycles. The third-order valence-electron chi connectivity index (χ3n) is 5.78. The van der Waals surface area contributed by atoms with Crippen molar-refractivity contribution in [3.05, 3.63) is 58.1 Å². The number of carbonyl (C=O) groups excluding carboxylic acids is 1.